The molecule has 0 unspecified atom stereocenters. The van der Waals surface area contributed by atoms with Crippen LogP contribution in [0.3, 0.4) is 0 Å². The van der Waals surface area contributed by atoms with Gasteiger partial charge in [0.15, 0.2) is 11.4 Å². The normalized spacial score (nSPS) is 13.5. The third-order valence-electron chi connectivity index (χ3n) is 5.54. The summed E-state index contributed by atoms with van der Waals surface area (Å²) in [6.07, 6.45) is 2.21. The van der Waals surface area contributed by atoms with E-state index in [2.05, 4.69) is 0 Å². The van der Waals surface area contributed by atoms with Gasteiger partial charge in [-0.05, 0) is 49.6 Å². The van der Waals surface area contributed by atoms with Gasteiger partial charge in [0.25, 0.3) is 0 Å². The molecule has 5 nitrogen and oxygen atoms in total. The van der Waals surface area contributed by atoms with E-state index in [1.807, 2.05) is 66.2 Å². The molecule has 2 aromatic heterocycles. The first-order chi connectivity index (χ1) is 14.2. The van der Waals surface area contributed by atoms with Gasteiger partial charge in [-0.15, -0.1) is 0 Å². The number of rotatable bonds is 3. The van der Waals surface area contributed by atoms with Gasteiger partial charge in [0.2, 0.25) is 0 Å². The standard InChI is InChI=1S/C24H21N3O2/c1-15-21-22(16-11-13-18(29-2)14-12-16)23-19(9-6-10-20(23)28)25-24(21)27(26-15)17-7-4-3-5-8-17/h3-5,7-8,11-14H,6,9-10H2,1-2H3. The molecule has 0 N–H and O–H groups in total. The lowest BCUT2D eigenvalue weighted by Gasteiger charge is -2.19. The minimum Gasteiger partial charge on any atom is -0.497 e. The van der Waals surface area contributed by atoms with Crippen LogP contribution in [-0.4, -0.2) is 27.7 Å². The maximum absolute atomic E-state index is 12.9. The number of benzene rings is 2. The highest BCUT2D eigenvalue weighted by molar-refractivity contribution is 6.11. The average Bonchev–Trinajstić information content (AvgIpc) is 3.09. The van der Waals surface area contributed by atoms with Crippen molar-refractivity contribution in [2.75, 3.05) is 7.11 Å². The number of hydrogen-bond donors (Lipinski definition) is 0. The fourth-order valence-electron chi connectivity index (χ4n) is 4.18. The first-order valence-electron chi connectivity index (χ1n) is 9.82. The third-order valence-corrected chi connectivity index (χ3v) is 5.54. The average molecular weight is 383 g/mol. The van der Waals surface area contributed by atoms with Crippen LogP contribution < -0.4 is 4.74 Å². The van der Waals surface area contributed by atoms with Gasteiger partial charge in [-0.25, -0.2) is 9.67 Å². The molecular formula is C24H21N3O2. The van der Waals surface area contributed by atoms with Gasteiger partial charge >= 0.3 is 0 Å². The molecule has 0 saturated heterocycles. The molecular weight excluding hydrogens is 362 g/mol. The van der Waals surface area contributed by atoms with E-state index in [9.17, 15) is 4.79 Å². The lowest BCUT2D eigenvalue weighted by Crippen LogP contribution is -2.15. The van der Waals surface area contributed by atoms with Gasteiger partial charge in [0, 0.05) is 17.5 Å². The number of fused-ring (bicyclic) bond motifs is 2. The van der Waals surface area contributed by atoms with Crippen LogP contribution in [0.2, 0.25) is 0 Å². The molecule has 144 valence electrons. The van der Waals surface area contributed by atoms with E-state index in [-0.39, 0.29) is 5.78 Å². The number of aryl methyl sites for hydroxylation is 2. The van der Waals surface area contributed by atoms with Crippen LogP contribution in [0.4, 0.5) is 0 Å². The largest absolute Gasteiger partial charge is 0.497 e. The third kappa shape index (κ3) is 2.81. The van der Waals surface area contributed by atoms with Gasteiger partial charge in [-0.1, -0.05) is 30.3 Å². The van der Waals surface area contributed by atoms with E-state index in [1.54, 1.807) is 7.11 Å². The molecule has 2 heterocycles. The molecule has 0 radical (unpaired) electrons. The van der Waals surface area contributed by atoms with Gasteiger partial charge in [0.1, 0.15) is 5.75 Å². The van der Waals surface area contributed by atoms with Gasteiger partial charge < -0.3 is 4.74 Å². The summed E-state index contributed by atoms with van der Waals surface area (Å²) in [4.78, 5) is 17.9. The molecule has 2 aromatic carbocycles. The van der Waals surface area contributed by atoms with Crippen molar-refractivity contribution in [3.63, 3.8) is 0 Å². The Labute approximate surface area is 169 Å². The van der Waals surface area contributed by atoms with Crippen LogP contribution in [0, 0.1) is 6.92 Å². The Morgan fingerprint density at radius 2 is 1.72 bits per heavy atom. The SMILES string of the molecule is COc1ccc(-c2c3c(nc4c2c(C)nn4-c2ccccc2)CCCC3=O)cc1. The second-order valence-electron chi connectivity index (χ2n) is 7.35. The number of ether oxygens (including phenoxy) is 1. The summed E-state index contributed by atoms with van der Waals surface area (Å²) in [6, 6.07) is 17.9. The number of nitrogens with zero attached hydrogens (tertiary/aromatic N) is 3. The molecule has 1 aliphatic rings. The van der Waals surface area contributed by atoms with E-state index in [4.69, 9.17) is 14.8 Å². The summed E-state index contributed by atoms with van der Waals surface area (Å²) in [5, 5.41) is 5.73. The fraction of sp³-hybridized carbons (Fsp3) is 0.208. The van der Waals surface area contributed by atoms with Crippen LogP contribution in [0.1, 0.15) is 34.6 Å². The first-order valence-corrected chi connectivity index (χ1v) is 9.82. The molecule has 0 saturated carbocycles. The van der Waals surface area contributed by atoms with Gasteiger partial charge in [0.05, 0.1) is 29.6 Å². The minimum atomic E-state index is 0.165. The quantitative estimate of drug-likeness (QED) is 0.504. The fourth-order valence-corrected chi connectivity index (χ4v) is 4.18. The number of para-hydroxylation sites is 1. The zero-order valence-electron chi connectivity index (χ0n) is 16.5. The molecule has 0 atom stereocenters. The Balaban J connectivity index is 1.87. The lowest BCUT2D eigenvalue weighted by atomic mass is 9.86. The highest BCUT2D eigenvalue weighted by Gasteiger charge is 2.28. The summed E-state index contributed by atoms with van der Waals surface area (Å²) in [6.45, 7) is 1.98. The molecule has 29 heavy (non-hydrogen) atoms. The van der Waals surface area contributed by atoms with Crippen molar-refractivity contribution in [2.24, 2.45) is 0 Å². The maximum atomic E-state index is 12.9. The Morgan fingerprint density at radius 1 is 0.966 bits per heavy atom. The summed E-state index contributed by atoms with van der Waals surface area (Å²) in [5.74, 6) is 0.953. The molecule has 0 amide bonds. The van der Waals surface area contributed by atoms with Crippen molar-refractivity contribution >= 4 is 16.8 Å². The summed E-state index contributed by atoms with van der Waals surface area (Å²) in [5.41, 5.74) is 6.18. The lowest BCUT2D eigenvalue weighted by molar-refractivity contribution is 0.0972. The smallest absolute Gasteiger partial charge is 0.165 e. The Bertz CT molecular complexity index is 1220. The predicted octanol–water partition coefficient (Wildman–Crippen LogP) is 4.92. The van der Waals surface area contributed by atoms with E-state index >= 15 is 0 Å². The number of pyridine rings is 1. The highest BCUT2D eigenvalue weighted by Crippen LogP contribution is 2.39. The number of methoxy groups -OCH3 is 1. The molecule has 0 fully saturated rings. The zero-order valence-corrected chi connectivity index (χ0v) is 16.5. The van der Waals surface area contributed by atoms with Crippen molar-refractivity contribution < 1.29 is 9.53 Å². The van der Waals surface area contributed by atoms with Crippen molar-refractivity contribution in [1.82, 2.24) is 14.8 Å². The molecule has 4 aromatic rings. The molecule has 1 aliphatic carbocycles. The zero-order chi connectivity index (χ0) is 20.0. The van der Waals surface area contributed by atoms with Crippen LogP contribution >= 0.6 is 0 Å². The van der Waals surface area contributed by atoms with Crippen LogP contribution in [0.5, 0.6) is 5.75 Å². The number of hydrogen-bond acceptors (Lipinski definition) is 4. The topological polar surface area (TPSA) is 57.0 Å². The van der Waals surface area contributed by atoms with Crippen molar-refractivity contribution in [3.8, 4) is 22.6 Å². The molecule has 0 spiro atoms. The van der Waals surface area contributed by atoms with E-state index in [0.29, 0.717) is 6.42 Å². The minimum absolute atomic E-state index is 0.165. The molecule has 0 aliphatic heterocycles. The Morgan fingerprint density at radius 3 is 2.45 bits per heavy atom. The second-order valence-corrected chi connectivity index (χ2v) is 7.35. The number of ketones is 1. The van der Waals surface area contributed by atoms with E-state index in [0.717, 1.165) is 63.4 Å². The van der Waals surface area contributed by atoms with Crippen LogP contribution in [0.15, 0.2) is 54.6 Å². The van der Waals surface area contributed by atoms with Crippen molar-refractivity contribution in [1.29, 1.82) is 0 Å². The summed E-state index contributed by atoms with van der Waals surface area (Å²) >= 11 is 0. The highest BCUT2D eigenvalue weighted by atomic mass is 16.5. The number of Topliss-reactive ketones (excluding diaryl/α,β-unsaturated/α-hetero) is 1. The van der Waals surface area contributed by atoms with E-state index < -0.39 is 0 Å². The van der Waals surface area contributed by atoms with Crippen molar-refractivity contribution in [3.05, 3.63) is 71.5 Å². The number of carbonyl (C=O) groups is 1. The number of aromatic nitrogens is 3. The Kier molecular flexibility index (Phi) is 4.16. The molecule has 5 rings (SSSR count). The van der Waals surface area contributed by atoms with Crippen LogP contribution in [0.25, 0.3) is 27.8 Å². The van der Waals surface area contributed by atoms with Gasteiger partial charge in [-0.3, -0.25) is 4.79 Å². The predicted molar refractivity (Wildman–Crippen MR) is 113 cm³/mol. The van der Waals surface area contributed by atoms with Crippen molar-refractivity contribution in [2.45, 2.75) is 26.2 Å². The number of carbonyl (C=O) groups excluding carboxylic acids is 1. The van der Waals surface area contributed by atoms with E-state index in [1.165, 1.54) is 0 Å². The molecule has 0 bridgehead atoms. The van der Waals surface area contributed by atoms with Crippen LogP contribution in [-0.2, 0) is 6.42 Å². The monoisotopic (exact) mass is 383 g/mol. The Hall–Kier alpha value is -3.47. The summed E-state index contributed by atoms with van der Waals surface area (Å²) < 4.78 is 7.20. The summed E-state index contributed by atoms with van der Waals surface area (Å²) in [7, 11) is 1.65. The second kappa shape index (κ2) is 6.85. The molecule has 5 heteroatoms. The van der Waals surface area contributed by atoms with Gasteiger partial charge in [-0.2, -0.15) is 5.10 Å². The first kappa shape index (κ1) is 17.6. The maximum Gasteiger partial charge on any atom is 0.165 e.